The van der Waals surface area contributed by atoms with Crippen LogP contribution in [0.4, 0.5) is 0 Å². The van der Waals surface area contributed by atoms with Crippen LogP contribution in [0, 0.1) is 0 Å². The lowest BCUT2D eigenvalue weighted by Gasteiger charge is -2.26. The van der Waals surface area contributed by atoms with Gasteiger partial charge in [0.1, 0.15) is 6.04 Å². The highest BCUT2D eigenvalue weighted by molar-refractivity contribution is 6.31. The highest BCUT2D eigenvalue weighted by atomic mass is 35.5. The standard InChI is InChI=1S/C20H19ClN2O3/c21-16-10-5-4-9-15(16)18-13-17(14-7-2-1-3-8-14)22-23(18)19(24)11-6-12-20(25)26/h1-5,7-10,13,18,22H,6,11-12H2,(H,25,26)/t18-/m1/s1. The van der Waals surface area contributed by atoms with Crippen LogP contribution in [0.1, 0.15) is 36.4 Å². The van der Waals surface area contributed by atoms with Crippen molar-refractivity contribution in [3.63, 3.8) is 0 Å². The molecular weight excluding hydrogens is 352 g/mol. The van der Waals surface area contributed by atoms with Gasteiger partial charge in [0.25, 0.3) is 0 Å². The minimum absolute atomic E-state index is 0.0324. The number of aliphatic carboxylic acids is 1. The summed E-state index contributed by atoms with van der Waals surface area (Å²) in [4.78, 5) is 23.4. The van der Waals surface area contributed by atoms with Crippen LogP contribution in [-0.4, -0.2) is 22.0 Å². The van der Waals surface area contributed by atoms with Crippen LogP contribution in [0.25, 0.3) is 5.70 Å². The van der Waals surface area contributed by atoms with Gasteiger partial charge in [-0.2, -0.15) is 0 Å². The second-order valence-electron chi connectivity index (χ2n) is 6.04. The zero-order chi connectivity index (χ0) is 18.5. The van der Waals surface area contributed by atoms with Crippen molar-refractivity contribution in [2.45, 2.75) is 25.3 Å². The van der Waals surface area contributed by atoms with Crippen molar-refractivity contribution in [2.24, 2.45) is 0 Å². The molecule has 0 radical (unpaired) electrons. The van der Waals surface area contributed by atoms with Gasteiger partial charge in [0, 0.05) is 17.9 Å². The number of hydrogen-bond acceptors (Lipinski definition) is 3. The molecule has 0 saturated heterocycles. The first-order valence-electron chi connectivity index (χ1n) is 8.38. The maximum Gasteiger partial charge on any atom is 0.303 e. The third kappa shape index (κ3) is 4.06. The monoisotopic (exact) mass is 370 g/mol. The second-order valence-corrected chi connectivity index (χ2v) is 6.44. The third-order valence-electron chi connectivity index (χ3n) is 4.20. The van der Waals surface area contributed by atoms with Gasteiger partial charge in [0.2, 0.25) is 5.91 Å². The Hall–Kier alpha value is -2.79. The lowest BCUT2D eigenvalue weighted by molar-refractivity contribution is -0.137. The van der Waals surface area contributed by atoms with Gasteiger partial charge in [-0.3, -0.25) is 15.0 Å². The lowest BCUT2D eigenvalue weighted by atomic mass is 10.0. The maximum atomic E-state index is 12.7. The summed E-state index contributed by atoms with van der Waals surface area (Å²) in [5, 5.41) is 10.9. The molecule has 0 unspecified atom stereocenters. The van der Waals surface area contributed by atoms with E-state index in [1.807, 2.05) is 54.6 Å². The van der Waals surface area contributed by atoms with E-state index in [0.29, 0.717) is 11.4 Å². The Morgan fingerprint density at radius 1 is 1.04 bits per heavy atom. The average Bonchev–Trinajstić information content (AvgIpc) is 3.08. The van der Waals surface area contributed by atoms with E-state index in [1.54, 1.807) is 6.07 Å². The smallest absolute Gasteiger partial charge is 0.303 e. The van der Waals surface area contributed by atoms with Crippen molar-refractivity contribution < 1.29 is 14.7 Å². The molecule has 0 fully saturated rings. The molecule has 1 aliphatic rings. The third-order valence-corrected chi connectivity index (χ3v) is 4.55. The quantitative estimate of drug-likeness (QED) is 0.805. The zero-order valence-corrected chi connectivity index (χ0v) is 14.8. The van der Waals surface area contributed by atoms with Crippen LogP contribution in [0.5, 0.6) is 0 Å². The SMILES string of the molecule is O=C(O)CCCC(=O)N1NC(c2ccccc2)=C[C@@H]1c1ccccc1Cl. The number of hydrazine groups is 1. The van der Waals surface area contributed by atoms with Gasteiger partial charge in [-0.15, -0.1) is 0 Å². The predicted molar refractivity (Wildman–Crippen MR) is 100 cm³/mol. The minimum atomic E-state index is -0.905. The summed E-state index contributed by atoms with van der Waals surface area (Å²) in [6, 6.07) is 16.8. The number of carbonyl (C=O) groups is 2. The van der Waals surface area contributed by atoms with Crippen molar-refractivity contribution in [1.29, 1.82) is 0 Å². The molecular formula is C20H19ClN2O3. The Morgan fingerprint density at radius 2 is 1.73 bits per heavy atom. The van der Waals surface area contributed by atoms with Gasteiger partial charge in [-0.1, -0.05) is 60.1 Å². The Labute approximate surface area is 156 Å². The summed E-state index contributed by atoms with van der Waals surface area (Å²) >= 11 is 6.34. The maximum absolute atomic E-state index is 12.7. The Bertz CT molecular complexity index is 836. The number of nitrogens with one attached hydrogen (secondary N) is 1. The van der Waals surface area contributed by atoms with Crippen LogP contribution < -0.4 is 5.43 Å². The largest absolute Gasteiger partial charge is 0.481 e. The number of benzene rings is 2. The zero-order valence-electron chi connectivity index (χ0n) is 14.1. The van der Waals surface area contributed by atoms with Crippen molar-refractivity contribution in [3.8, 4) is 0 Å². The van der Waals surface area contributed by atoms with E-state index in [9.17, 15) is 9.59 Å². The molecule has 1 heterocycles. The normalized spacial score (nSPS) is 16.1. The van der Waals surface area contributed by atoms with E-state index >= 15 is 0 Å². The number of halogens is 1. The van der Waals surface area contributed by atoms with E-state index in [0.717, 1.165) is 16.8 Å². The molecule has 0 saturated carbocycles. The molecule has 6 heteroatoms. The van der Waals surface area contributed by atoms with E-state index in [1.165, 1.54) is 5.01 Å². The molecule has 1 atom stereocenters. The molecule has 26 heavy (non-hydrogen) atoms. The molecule has 3 rings (SSSR count). The first kappa shape index (κ1) is 18.0. The number of amides is 1. The van der Waals surface area contributed by atoms with Gasteiger partial charge in [0.15, 0.2) is 0 Å². The van der Waals surface area contributed by atoms with Gasteiger partial charge in [-0.25, -0.2) is 5.01 Å². The molecule has 1 aliphatic heterocycles. The molecule has 0 aliphatic carbocycles. The molecule has 0 spiro atoms. The van der Waals surface area contributed by atoms with E-state index in [2.05, 4.69) is 5.43 Å². The fraction of sp³-hybridized carbons (Fsp3) is 0.200. The lowest BCUT2D eigenvalue weighted by Crippen LogP contribution is -2.39. The van der Waals surface area contributed by atoms with Crippen molar-refractivity contribution in [1.82, 2.24) is 10.4 Å². The fourth-order valence-electron chi connectivity index (χ4n) is 2.92. The van der Waals surface area contributed by atoms with Crippen molar-refractivity contribution in [2.75, 3.05) is 0 Å². The fourth-order valence-corrected chi connectivity index (χ4v) is 3.17. The summed E-state index contributed by atoms with van der Waals surface area (Å²) in [7, 11) is 0. The summed E-state index contributed by atoms with van der Waals surface area (Å²) in [5.41, 5.74) is 5.76. The topological polar surface area (TPSA) is 69.6 Å². The molecule has 0 aromatic heterocycles. The predicted octanol–water partition coefficient (Wildman–Crippen LogP) is 4.02. The molecule has 5 nitrogen and oxygen atoms in total. The summed E-state index contributed by atoms with van der Waals surface area (Å²) in [6.45, 7) is 0. The number of hydrogen-bond donors (Lipinski definition) is 2. The van der Waals surface area contributed by atoms with Gasteiger partial charge >= 0.3 is 5.97 Å². The van der Waals surface area contributed by atoms with Gasteiger partial charge in [-0.05, 0) is 29.7 Å². The van der Waals surface area contributed by atoms with Crippen molar-refractivity contribution >= 4 is 29.2 Å². The van der Waals surface area contributed by atoms with E-state index in [-0.39, 0.29) is 24.8 Å². The molecule has 2 aromatic rings. The van der Waals surface area contributed by atoms with Crippen LogP contribution in [0.2, 0.25) is 5.02 Å². The molecule has 2 aromatic carbocycles. The second kappa shape index (κ2) is 8.06. The average molecular weight is 371 g/mol. The first-order valence-corrected chi connectivity index (χ1v) is 8.76. The molecule has 0 bridgehead atoms. The number of carboxylic acids is 1. The van der Waals surface area contributed by atoms with E-state index in [4.69, 9.17) is 16.7 Å². The number of carboxylic acid groups (broad SMARTS) is 1. The summed E-state index contributed by atoms with van der Waals surface area (Å²) in [6.07, 6.45) is 2.37. The Kier molecular flexibility index (Phi) is 5.58. The molecule has 1 amide bonds. The summed E-state index contributed by atoms with van der Waals surface area (Å²) in [5.74, 6) is -1.07. The Morgan fingerprint density at radius 3 is 2.42 bits per heavy atom. The molecule has 2 N–H and O–H groups in total. The highest BCUT2D eigenvalue weighted by Gasteiger charge is 2.31. The number of nitrogens with zero attached hydrogens (tertiary/aromatic N) is 1. The summed E-state index contributed by atoms with van der Waals surface area (Å²) < 4.78 is 0. The van der Waals surface area contributed by atoms with Crippen LogP contribution in [-0.2, 0) is 9.59 Å². The minimum Gasteiger partial charge on any atom is -0.481 e. The van der Waals surface area contributed by atoms with Gasteiger partial charge in [0.05, 0.1) is 5.70 Å². The number of carbonyl (C=O) groups excluding carboxylic acids is 1. The highest BCUT2D eigenvalue weighted by Crippen LogP contribution is 2.35. The van der Waals surface area contributed by atoms with Crippen LogP contribution >= 0.6 is 11.6 Å². The first-order chi connectivity index (χ1) is 12.6. The molecule has 134 valence electrons. The Balaban J connectivity index is 1.86. The van der Waals surface area contributed by atoms with Crippen LogP contribution in [0.15, 0.2) is 60.7 Å². The van der Waals surface area contributed by atoms with E-state index < -0.39 is 5.97 Å². The van der Waals surface area contributed by atoms with Crippen LogP contribution in [0.3, 0.4) is 0 Å². The van der Waals surface area contributed by atoms with Gasteiger partial charge < -0.3 is 5.11 Å². The van der Waals surface area contributed by atoms with Crippen molar-refractivity contribution in [3.05, 3.63) is 76.8 Å². The number of rotatable bonds is 6.